The molecule has 0 radical (unpaired) electrons. The number of fused-ring (bicyclic) bond motifs is 1. The highest BCUT2D eigenvalue weighted by Gasteiger charge is 2.20. The Labute approximate surface area is 266 Å². The van der Waals surface area contributed by atoms with Crippen molar-refractivity contribution in [1.82, 2.24) is 14.7 Å². The number of benzene rings is 2. The first-order valence-corrected chi connectivity index (χ1v) is 14.0. The Kier molecular flexibility index (Phi) is 11.5. The number of nitrogens with zero attached hydrogens (tertiary/aromatic N) is 3. The van der Waals surface area contributed by atoms with Gasteiger partial charge in [-0.3, -0.25) is 9.20 Å². The third-order valence-corrected chi connectivity index (χ3v) is 7.75. The van der Waals surface area contributed by atoms with Crippen LogP contribution in [0.25, 0.3) is 5.65 Å². The van der Waals surface area contributed by atoms with Crippen LogP contribution in [0.3, 0.4) is 0 Å². The first kappa shape index (κ1) is 33.0. The molecule has 0 saturated heterocycles. The molecule has 14 heteroatoms. The Morgan fingerprint density at radius 1 is 1.12 bits per heavy atom. The van der Waals surface area contributed by atoms with Crippen molar-refractivity contribution in [3.05, 3.63) is 86.2 Å². The number of carbonyl (C=O) groups excluding carboxylic acids is 3. The van der Waals surface area contributed by atoms with Gasteiger partial charge in [0.15, 0.2) is 11.4 Å². The second kappa shape index (κ2) is 14.6. The van der Waals surface area contributed by atoms with E-state index >= 15 is 0 Å². The lowest BCUT2D eigenvalue weighted by atomic mass is 10.2. The molecule has 3 amide bonds. The number of hydrogen-bond acceptors (Lipinski definition) is 6. The Balaban J connectivity index is 0.00000484. The van der Waals surface area contributed by atoms with E-state index in [9.17, 15) is 14.4 Å². The highest BCUT2D eigenvalue weighted by Crippen LogP contribution is 2.35. The number of likely N-dealkylation sites (N-methyl/N-ethyl adjacent to an activating group) is 1. The summed E-state index contributed by atoms with van der Waals surface area (Å²) in [4.78, 5) is 43.1. The molecule has 2 aromatic heterocycles. The molecule has 4 rings (SSSR count). The lowest BCUT2D eigenvalue weighted by Crippen LogP contribution is -2.40. The molecule has 2 heterocycles. The SMILES string of the molecule is CCOC(=O)c1cccc(NC(=O)NCC(=O)N(C)c2ccc(Cl)c(COc3cccn4c(Br)c(C)nc34)c2Cl)c1.Cl. The minimum Gasteiger partial charge on any atom is -0.485 e. The first-order valence-electron chi connectivity index (χ1n) is 12.4. The van der Waals surface area contributed by atoms with E-state index in [0.29, 0.717) is 38.9 Å². The third kappa shape index (κ3) is 7.46. The maximum atomic E-state index is 12.9. The van der Waals surface area contributed by atoms with Gasteiger partial charge in [0, 0.05) is 29.5 Å². The standard InChI is InChI=1S/C28H26BrCl2N5O5.ClH/c1-4-40-27(38)17-7-5-8-18(13-17)34-28(39)32-14-23(37)35(3)21-11-10-20(30)19(24(21)31)15-41-22-9-6-12-36-25(29)16(2)33-26(22)36;/h5-13H,4,14-15H2,1-3H3,(H2,32,34,39);1H. The fourth-order valence-corrected chi connectivity index (χ4v) is 4.87. The van der Waals surface area contributed by atoms with Crippen LogP contribution in [0.15, 0.2) is 59.3 Å². The van der Waals surface area contributed by atoms with Crippen LogP contribution in [0.5, 0.6) is 5.75 Å². The van der Waals surface area contributed by atoms with Gasteiger partial charge in [-0.15, -0.1) is 12.4 Å². The van der Waals surface area contributed by atoms with E-state index in [1.165, 1.54) is 18.0 Å². The van der Waals surface area contributed by atoms with Crippen LogP contribution in [-0.2, 0) is 16.1 Å². The Hall–Kier alpha value is -3.51. The molecule has 2 aromatic carbocycles. The number of hydrogen-bond donors (Lipinski definition) is 2. The van der Waals surface area contributed by atoms with E-state index < -0.39 is 17.9 Å². The monoisotopic (exact) mass is 697 g/mol. The van der Waals surface area contributed by atoms with Gasteiger partial charge in [0.2, 0.25) is 5.91 Å². The molecule has 42 heavy (non-hydrogen) atoms. The number of ether oxygens (including phenoxy) is 2. The summed E-state index contributed by atoms with van der Waals surface area (Å²) in [6.45, 7) is 3.53. The summed E-state index contributed by atoms with van der Waals surface area (Å²) in [7, 11) is 1.54. The Morgan fingerprint density at radius 2 is 1.88 bits per heavy atom. The van der Waals surface area contributed by atoms with Crippen LogP contribution >= 0.6 is 51.5 Å². The predicted molar refractivity (Wildman–Crippen MR) is 169 cm³/mol. The normalized spacial score (nSPS) is 10.5. The van der Waals surface area contributed by atoms with Crippen LogP contribution in [0.2, 0.25) is 10.0 Å². The van der Waals surface area contributed by atoms with Crippen molar-refractivity contribution in [2.24, 2.45) is 0 Å². The molecule has 0 bridgehead atoms. The molecule has 0 atom stereocenters. The number of rotatable bonds is 9. The first-order chi connectivity index (χ1) is 19.6. The Bertz CT molecular complexity index is 1630. The number of esters is 1. The van der Waals surface area contributed by atoms with Gasteiger partial charge in [-0.05, 0) is 72.2 Å². The number of halogens is 4. The summed E-state index contributed by atoms with van der Waals surface area (Å²) in [5, 5.41) is 5.71. The molecule has 0 aliphatic heterocycles. The van der Waals surface area contributed by atoms with Gasteiger partial charge < -0.3 is 25.0 Å². The van der Waals surface area contributed by atoms with Gasteiger partial charge in [-0.2, -0.15) is 0 Å². The maximum Gasteiger partial charge on any atom is 0.338 e. The minimum atomic E-state index is -0.626. The van der Waals surface area contributed by atoms with E-state index in [2.05, 4.69) is 31.5 Å². The van der Waals surface area contributed by atoms with Crippen LogP contribution in [0, 0.1) is 6.92 Å². The smallest absolute Gasteiger partial charge is 0.338 e. The molecule has 0 aliphatic rings. The van der Waals surface area contributed by atoms with Crippen LogP contribution in [0.1, 0.15) is 28.5 Å². The van der Waals surface area contributed by atoms with Crippen molar-refractivity contribution in [1.29, 1.82) is 0 Å². The van der Waals surface area contributed by atoms with Crippen molar-refractivity contribution in [2.45, 2.75) is 20.5 Å². The average Bonchev–Trinajstić information content (AvgIpc) is 3.25. The number of nitrogens with one attached hydrogen (secondary N) is 2. The highest BCUT2D eigenvalue weighted by atomic mass is 79.9. The predicted octanol–water partition coefficient (Wildman–Crippen LogP) is 6.67. The molecule has 0 unspecified atom stereocenters. The van der Waals surface area contributed by atoms with E-state index in [4.69, 9.17) is 32.7 Å². The summed E-state index contributed by atoms with van der Waals surface area (Å²) in [6, 6.07) is 12.5. The van der Waals surface area contributed by atoms with Gasteiger partial charge in [0.05, 0.1) is 35.1 Å². The minimum absolute atomic E-state index is 0. The number of anilines is 2. The third-order valence-electron chi connectivity index (χ3n) is 6.02. The number of pyridine rings is 1. The van der Waals surface area contributed by atoms with Crippen LogP contribution in [-0.4, -0.2) is 47.5 Å². The van der Waals surface area contributed by atoms with Gasteiger partial charge >= 0.3 is 12.0 Å². The second-order valence-corrected chi connectivity index (χ2v) is 10.3. The number of carbonyl (C=O) groups is 3. The number of urea groups is 1. The van der Waals surface area contributed by atoms with Crippen molar-refractivity contribution in [2.75, 3.05) is 30.4 Å². The van der Waals surface area contributed by atoms with Crippen LogP contribution < -0.4 is 20.3 Å². The summed E-state index contributed by atoms with van der Waals surface area (Å²) in [5.41, 5.74) is 2.98. The molecular formula is C28H27BrCl3N5O5. The molecule has 0 saturated carbocycles. The largest absolute Gasteiger partial charge is 0.485 e. The van der Waals surface area contributed by atoms with Crippen LogP contribution in [0.4, 0.5) is 16.2 Å². The highest BCUT2D eigenvalue weighted by molar-refractivity contribution is 9.10. The maximum absolute atomic E-state index is 12.9. The van der Waals surface area contributed by atoms with Gasteiger partial charge in [0.25, 0.3) is 0 Å². The zero-order valence-corrected chi connectivity index (χ0v) is 26.7. The number of imidazole rings is 1. The quantitative estimate of drug-likeness (QED) is 0.189. The van der Waals surface area contributed by atoms with E-state index in [1.807, 2.05) is 23.6 Å². The fraction of sp³-hybridized carbons (Fsp3) is 0.214. The zero-order valence-electron chi connectivity index (χ0n) is 22.7. The summed E-state index contributed by atoms with van der Waals surface area (Å²) in [5.74, 6) is -0.398. The number of aryl methyl sites for hydroxylation is 1. The molecule has 4 aromatic rings. The molecule has 0 aliphatic carbocycles. The summed E-state index contributed by atoms with van der Waals surface area (Å²) >= 11 is 16.6. The van der Waals surface area contributed by atoms with Gasteiger partial charge in [-0.1, -0.05) is 29.3 Å². The topological polar surface area (TPSA) is 114 Å². The molecule has 0 fully saturated rings. The summed E-state index contributed by atoms with van der Waals surface area (Å²) < 4.78 is 13.7. The number of amides is 3. The van der Waals surface area contributed by atoms with E-state index in [0.717, 1.165) is 10.3 Å². The molecule has 222 valence electrons. The Morgan fingerprint density at radius 3 is 2.62 bits per heavy atom. The zero-order chi connectivity index (χ0) is 29.7. The lowest BCUT2D eigenvalue weighted by molar-refractivity contribution is -0.117. The van der Waals surface area contributed by atoms with Gasteiger partial charge in [0.1, 0.15) is 11.2 Å². The van der Waals surface area contributed by atoms with E-state index in [1.54, 1.807) is 43.3 Å². The molecule has 0 spiro atoms. The van der Waals surface area contributed by atoms with Gasteiger partial charge in [-0.25, -0.2) is 14.6 Å². The molecule has 2 N–H and O–H groups in total. The lowest BCUT2D eigenvalue weighted by Gasteiger charge is -2.21. The summed E-state index contributed by atoms with van der Waals surface area (Å²) in [6.07, 6.45) is 1.86. The molecular weight excluding hydrogens is 673 g/mol. The van der Waals surface area contributed by atoms with Crippen molar-refractivity contribution in [3.8, 4) is 5.75 Å². The van der Waals surface area contributed by atoms with Crippen molar-refractivity contribution >= 4 is 86.5 Å². The molecule has 10 nitrogen and oxygen atoms in total. The number of aromatic nitrogens is 2. The average molecular weight is 700 g/mol. The van der Waals surface area contributed by atoms with Crippen molar-refractivity contribution in [3.63, 3.8) is 0 Å². The van der Waals surface area contributed by atoms with Crippen molar-refractivity contribution < 1.29 is 23.9 Å². The van der Waals surface area contributed by atoms with E-state index in [-0.39, 0.29) is 37.2 Å². The second-order valence-electron chi connectivity index (χ2n) is 8.76. The fourth-order valence-electron chi connectivity index (χ4n) is 3.89.